The second kappa shape index (κ2) is 18.0. The number of hydrogen-bond donors (Lipinski definition) is 6. The van der Waals surface area contributed by atoms with Gasteiger partial charge in [-0.1, -0.05) is 24.3 Å². The van der Waals surface area contributed by atoms with Crippen LogP contribution in [-0.2, 0) is 38.5 Å². The molecule has 59 heavy (non-hydrogen) atoms. The molecule has 0 saturated carbocycles. The van der Waals surface area contributed by atoms with Gasteiger partial charge in [-0.25, -0.2) is 12.8 Å². The lowest BCUT2D eigenvalue weighted by Crippen LogP contribution is -2.45. The van der Waals surface area contributed by atoms with Crippen molar-refractivity contribution >= 4 is 43.9 Å². The van der Waals surface area contributed by atoms with E-state index in [2.05, 4.69) is 26.3 Å². The van der Waals surface area contributed by atoms with Crippen molar-refractivity contribution in [2.24, 2.45) is 0 Å². The maximum Gasteiger partial charge on any atom is 0.417 e. The Balaban J connectivity index is 0.872. The quantitative estimate of drug-likeness (QED) is 0.0462. The number of alkyl halides is 3. The van der Waals surface area contributed by atoms with E-state index in [-0.39, 0.29) is 16.5 Å². The van der Waals surface area contributed by atoms with E-state index in [0.29, 0.717) is 68.5 Å². The standard InChI is InChI=1S/C42H42F4N6O6S/c1-41(55,40(54)51-31-9-8-28(23-47)35(22-31)42(44,45)46)25-59(56,57)32-12-10-30(11-13-32)49-16-3-19-58-18-2-15-48-24-26-4-6-27(7-5-26)38-33-14-17-50-39(53)34-20-29(43)21-36(52-38)37(33)34/h4-13,20-22,48-49,52,55H,2-3,14-19,24-25H2,1H3,(H,50,53)(H,51,54)/t41-/m0/s1. The van der Waals surface area contributed by atoms with E-state index in [4.69, 9.17) is 10.00 Å². The van der Waals surface area contributed by atoms with E-state index >= 15 is 0 Å². The van der Waals surface area contributed by atoms with Gasteiger partial charge in [-0.2, -0.15) is 18.4 Å². The lowest BCUT2D eigenvalue weighted by molar-refractivity contribution is -0.137. The third-order valence-electron chi connectivity index (χ3n) is 9.76. The van der Waals surface area contributed by atoms with Gasteiger partial charge < -0.3 is 36.1 Å². The van der Waals surface area contributed by atoms with Gasteiger partial charge in [0.05, 0.1) is 33.4 Å². The number of hydrogen-bond acceptors (Lipinski definition) is 9. The van der Waals surface area contributed by atoms with Gasteiger partial charge in [0.2, 0.25) is 0 Å². The van der Waals surface area contributed by atoms with E-state index in [1.54, 1.807) is 0 Å². The predicted octanol–water partition coefficient (Wildman–Crippen LogP) is 6.31. The van der Waals surface area contributed by atoms with Crippen molar-refractivity contribution in [3.63, 3.8) is 0 Å². The first-order valence-corrected chi connectivity index (χ1v) is 20.4. The normalized spacial score (nSPS) is 13.9. The lowest BCUT2D eigenvalue weighted by Gasteiger charge is -2.22. The summed E-state index contributed by atoms with van der Waals surface area (Å²) in [7, 11) is -4.20. The number of amides is 2. The molecule has 6 rings (SSSR count). The van der Waals surface area contributed by atoms with Crippen molar-refractivity contribution in [2.75, 3.05) is 49.2 Å². The van der Waals surface area contributed by atoms with Crippen LogP contribution in [-0.4, -0.2) is 74.5 Å². The number of carbonyl (C=O) groups excluding carboxylic acids is 2. The third-order valence-corrected chi connectivity index (χ3v) is 11.7. The van der Waals surface area contributed by atoms with Crippen molar-refractivity contribution in [2.45, 2.75) is 49.4 Å². The van der Waals surface area contributed by atoms with Crippen LogP contribution in [0.25, 0.3) is 22.2 Å². The predicted molar refractivity (Wildman–Crippen MR) is 214 cm³/mol. The highest BCUT2D eigenvalue weighted by molar-refractivity contribution is 7.91. The van der Waals surface area contributed by atoms with E-state index in [1.807, 2.05) is 24.3 Å². The molecule has 0 saturated heterocycles. The van der Waals surface area contributed by atoms with E-state index in [9.17, 15) is 40.7 Å². The summed E-state index contributed by atoms with van der Waals surface area (Å²) in [5.41, 5.74) is 0.718. The van der Waals surface area contributed by atoms with Gasteiger partial charge in [-0.05, 0) is 104 Å². The smallest absolute Gasteiger partial charge is 0.385 e. The number of nitrogens with zero attached hydrogens (tertiary/aromatic N) is 1. The van der Waals surface area contributed by atoms with Crippen LogP contribution < -0.4 is 21.3 Å². The van der Waals surface area contributed by atoms with Crippen LogP contribution in [0.4, 0.5) is 28.9 Å². The molecule has 0 fully saturated rings. The van der Waals surface area contributed by atoms with Crippen LogP contribution in [0.15, 0.2) is 83.8 Å². The number of nitrogens with one attached hydrogen (secondary N) is 5. The second-order valence-electron chi connectivity index (χ2n) is 14.4. The Labute approximate surface area is 337 Å². The number of carbonyl (C=O) groups is 2. The first-order chi connectivity index (χ1) is 28.1. The molecule has 1 aliphatic heterocycles. The van der Waals surface area contributed by atoms with Gasteiger partial charge in [0.25, 0.3) is 11.8 Å². The molecule has 17 heteroatoms. The molecule has 6 N–H and O–H groups in total. The number of rotatable bonds is 17. The summed E-state index contributed by atoms with van der Waals surface area (Å²) in [6.07, 6.45) is -2.75. The Morgan fingerprint density at radius 2 is 1.66 bits per heavy atom. The zero-order chi connectivity index (χ0) is 42.4. The Morgan fingerprint density at radius 3 is 2.36 bits per heavy atom. The van der Waals surface area contributed by atoms with Crippen LogP contribution in [0.5, 0.6) is 0 Å². The number of ether oxygens (including phenoxy) is 1. The molecule has 0 bridgehead atoms. The highest BCUT2D eigenvalue weighted by Gasteiger charge is 2.38. The summed E-state index contributed by atoms with van der Waals surface area (Å²) in [5.74, 6) is -3.01. The Kier molecular flexibility index (Phi) is 13.1. The number of halogens is 4. The van der Waals surface area contributed by atoms with Gasteiger partial charge >= 0.3 is 6.18 Å². The van der Waals surface area contributed by atoms with Gasteiger partial charge in [0, 0.05) is 60.8 Å². The minimum absolute atomic E-state index is 0.164. The number of aromatic nitrogens is 1. The summed E-state index contributed by atoms with van der Waals surface area (Å²) in [4.78, 5) is 28.4. The molecule has 1 aliphatic rings. The second-order valence-corrected chi connectivity index (χ2v) is 16.4. The van der Waals surface area contributed by atoms with Crippen molar-refractivity contribution < 1.29 is 45.4 Å². The SMILES string of the molecule is C[C@](O)(CS(=O)(=O)c1ccc(NCCCOCCCNCc2ccc(-c3[nH]c4cc(F)cc5c4c3CCNC5=O)cc2)cc1)C(=O)Nc1ccc(C#N)c(C(F)(F)F)c1. The summed E-state index contributed by atoms with van der Waals surface area (Å²) < 4.78 is 86.0. The minimum Gasteiger partial charge on any atom is -0.385 e. The first kappa shape index (κ1) is 42.8. The molecule has 2 heterocycles. The number of benzene rings is 4. The van der Waals surface area contributed by atoms with Crippen molar-refractivity contribution in [3.8, 4) is 17.3 Å². The monoisotopic (exact) mass is 834 g/mol. The lowest BCUT2D eigenvalue weighted by atomic mass is 9.99. The van der Waals surface area contributed by atoms with Crippen LogP contribution >= 0.6 is 0 Å². The number of sulfone groups is 1. The minimum atomic E-state index is -4.87. The molecule has 1 atom stereocenters. The van der Waals surface area contributed by atoms with E-state index in [1.165, 1.54) is 42.5 Å². The molecule has 310 valence electrons. The van der Waals surface area contributed by atoms with Crippen molar-refractivity contribution in [1.29, 1.82) is 5.26 Å². The topological polar surface area (TPSA) is 185 Å². The fourth-order valence-electron chi connectivity index (χ4n) is 6.79. The van der Waals surface area contributed by atoms with Gasteiger partial charge in [-0.3, -0.25) is 9.59 Å². The Bertz CT molecular complexity index is 2480. The third kappa shape index (κ3) is 10.4. The molecule has 5 aromatic rings. The van der Waals surface area contributed by atoms with Crippen molar-refractivity contribution in [3.05, 3.63) is 112 Å². The molecule has 1 aromatic heterocycles. The van der Waals surface area contributed by atoms with Crippen LogP contribution in [0.1, 0.15) is 52.4 Å². The summed E-state index contributed by atoms with van der Waals surface area (Å²) in [6.45, 7) is 4.45. The number of anilines is 2. The highest BCUT2D eigenvalue weighted by Crippen LogP contribution is 2.36. The molecule has 0 radical (unpaired) electrons. The van der Waals surface area contributed by atoms with E-state index < -0.39 is 50.2 Å². The molecule has 0 spiro atoms. The number of H-pyrrole nitrogens is 1. The van der Waals surface area contributed by atoms with Gasteiger partial charge in [0.1, 0.15) is 5.82 Å². The number of nitriles is 1. The average Bonchev–Trinajstić information content (AvgIpc) is 3.46. The zero-order valence-electron chi connectivity index (χ0n) is 31.9. The number of aliphatic hydroxyl groups is 1. The molecule has 4 aromatic carbocycles. The average molecular weight is 835 g/mol. The largest absolute Gasteiger partial charge is 0.417 e. The highest BCUT2D eigenvalue weighted by atomic mass is 32.2. The summed E-state index contributed by atoms with van der Waals surface area (Å²) in [6, 6.07) is 20.4. The maximum absolute atomic E-state index is 14.2. The molecule has 12 nitrogen and oxygen atoms in total. The van der Waals surface area contributed by atoms with Gasteiger partial charge in [-0.15, -0.1) is 0 Å². The fraction of sp³-hybridized carbons (Fsp3) is 0.310. The van der Waals surface area contributed by atoms with Gasteiger partial charge in [0.15, 0.2) is 15.4 Å². The van der Waals surface area contributed by atoms with E-state index in [0.717, 1.165) is 59.8 Å². The van der Waals surface area contributed by atoms with Crippen molar-refractivity contribution in [1.82, 2.24) is 15.6 Å². The summed E-state index contributed by atoms with van der Waals surface area (Å²) in [5, 5.41) is 32.0. The maximum atomic E-state index is 14.2. The summed E-state index contributed by atoms with van der Waals surface area (Å²) >= 11 is 0. The first-order valence-electron chi connectivity index (χ1n) is 18.8. The van der Waals surface area contributed by atoms with Crippen LogP contribution in [0.3, 0.4) is 0 Å². The Morgan fingerprint density at radius 1 is 0.966 bits per heavy atom. The molecule has 2 amide bonds. The molecule has 0 aliphatic carbocycles. The molecule has 0 unspecified atom stereocenters. The zero-order valence-corrected chi connectivity index (χ0v) is 32.7. The van der Waals surface area contributed by atoms with Crippen LogP contribution in [0.2, 0.25) is 0 Å². The van der Waals surface area contributed by atoms with Crippen LogP contribution in [0, 0.1) is 17.1 Å². The fourth-order valence-corrected chi connectivity index (χ4v) is 8.37. The number of aromatic amines is 1. The molecular formula is C42H42F4N6O6S. The molecular weight excluding hydrogens is 793 g/mol. The Hall–Kier alpha value is -5.80.